The summed E-state index contributed by atoms with van der Waals surface area (Å²) in [5, 5.41) is 0. The molecule has 0 aliphatic rings. The summed E-state index contributed by atoms with van der Waals surface area (Å²) in [6.07, 6.45) is 39.4. The summed E-state index contributed by atoms with van der Waals surface area (Å²) in [7, 11) is 0. The van der Waals surface area contributed by atoms with Gasteiger partial charge in [-0.2, -0.15) is 0 Å². The van der Waals surface area contributed by atoms with Crippen molar-refractivity contribution < 1.29 is 19.1 Å². The van der Waals surface area contributed by atoms with E-state index in [1.807, 2.05) is 0 Å². The molecule has 0 aromatic rings. The maximum Gasteiger partial charge on any atom is 0.320 e. The van der Waals surface area contributed by atoms with Crippen molar-refractivity contribution in [2.75, 3.05) is 13.2 Å². The molecular formula is C40H78O4. The molecule has 0 atom stereocenters. The topological polar surface area (TPSA) is 52.6 Å². The summed E-state index contributed by atoms with van der Waals surface area (Å²) in [5.74, 6) is -1.47. The molecule has 44 heavy (non-hydrogen) atoms. The SMILES string of the molecule is CCCCCCCCCCCCCOC(=O)C(CCCCCCCCCCC)C(=O)OCCCCCCCCCCCCC. The van der Waals surface area contributed by atoms with Crippen LogP contribution < -0.4 is 0 Å². The predicted octanol–water partition coefficient (Wildman–Crippen LogP) is 13.2. The Kier molecular flexibility index (Phi) is 35.5. The summed E-state index contributed by atoms with van der Waals surface area (Å²) in [6.45, 7) is 7.64. The summed E-state index contributed by atoms with van der Waals surface area (Å²) in [4.78, 5) is 25.9. The summed E-state index contributed by atoms with van der Waals surface area (Å²) in [6, 6.07) is 0. The van der Waals surface area contributed by atoms with Gasteiger partial charge in [-0.25, -0.2) is 0 Å². The third kappa shape index (κ3) is 30.9. The second-order valence-corrected chi connectivity index (χ2v) is 13.6. The van der Waals surface area contributed by atoms with Crippen molar-refractivity contribution in [1.29, 1.82) is 0 Å². The molecule has 0 unspecified atom stereocenters. The van der Waals surface area contributed by atoms with Gasteiger partial charge in [-0.1, -0.05) is 207 Å². The molecule has 0 aliphatic heterocycles. The van der Waals surface area contributed by atoms with Gasteiger partial charge in [-0.05, 0) is 19.3 Å². The molecule has 4 heteroatoms. The van der Waals surface area contributed by atoms with Crippen molar-refractivity contribution in [3.05, 3.63) is 0 Å². The van der Waals surface area contributed by atoms with Gasteiger partial charge in [0, 0.05) is 0 Å². The molecule has 0 spiro atoms. The van der Waals surface area contributed by atoms with Gasteiger partial charge in [-0.3, -0.25) is 9.59 Å². The van der Waals surface area contributed by atoms with Crippen LogP contribution in [0.15, 0.2) is 0 Å². The van der Waals surface area contributed by atoms with Crippen LogP contribution in [0.5, 0.6) is 0 Å². The fraction of sp³-hybridized carbons (Fsp3) is 0.950. The van der Waals surface area contributed by atoms with Crippen LogP contribution in [0.4, 0.5) is 0 Å². The van der Waals surface area contributed by atoms with E-state index in [1.54, 1.807) is 0 Å². The van der Waals surface area contributed by atoms with Gasteiger partial charge in [0.05, 0.1) is 13.2 Å². The number of esters is 2. The molecule has 4 nitrogen and oxygen atoms in total. The summed E-state index contributed by atoms with van der Waals surface area (Å²) in [5.41, 5.74) is 0. The van der Waals surface area contributed by atoms with Crippen LogP contribution >= 0.6 is 0 Å². The Bertz CT molecular complexity index is 550. The van der Waals surface area contributed by atoms with Gasteiger partial charge in [0.1, 0.15) is 0 Å². The van der Waals surface area contributed by atoms with Gasteiger partial charge < -0.3 is 9.47 Å². The number of carbonyl (C=O) groups is 2. The van der Waals surface area contributed by atoms with Crippen LogP contribution in [0.3, 0.4) is 0 Å². The van der Waals surface area contributed by atoms with E-state index in [0.29, 0.717) is 19.6 Å². The quantitative estimate of drug-likeness (QED) is 0.0396. The highest BCUT2D eigenvalue weighted by atomic mass is 16.6. The molecule has 0 aliphatic carbocycles. The van der Waals surface area contributed by atoms with Crippen molar-refractivity contribution in [3.8, 4) is 0 Å². The normalized spacial score (nSPS) is 11.4. The second-order valence-electron chi connectivity index (χ2n) is 13.6. The monoisotopic (exact) mass is 623 g/mol. The summed E-state index contributed by atoms with van der Waals surface area (Å²) < 4.78 is 11.2. The standard InChI is InChI=1S/C40H78O4/c1-4-7-10-13-16-19-21-24-27-30-33-36-43-39(41)38(35-32-29-26-23-18-15-12-9-6-3)40(42)44-37-34-31-28-25-22-20-17-14-11-8-5-2/h38H,4-37H2,1-3H3. The van der Waals surface area contributed by atoms with E-state index >= 15 is 0 Å². The molecule has 0 saturated carbocycles. The van der Waals surface area contributed by atoms with Crippen LogP contribution in [0.1, 0.15) is 226 Å². The maximum atomic E-state index is 12.9. The predicted molar refractivity (Wildman–Crippen MR) is 190 cm³/mol. The van der Waals surface area contributed by atoms with Crippen LogP contribution in [0.25, 0.3) is 0 Å². The minimum absolute atomic E-state index is 0.361. The fourth-order valence-corrected chi connectivity index (χ4v) is 6.07. The average molecular weight is 623 g/mol. The Labute approximate surface area is 276 Å². The van der Waals surface area contributed by atoms with Gasteiger partial charge in [0.2, 0.25) is 0 Å². The maximum absolute atomic E-state index is 12.9. The minimum Gasteiger partial charge on any atom is -0.465 e. The van der Waals surface area contributed by atoms with E-state index in [2.05, 4.69) is 20.8 Å². The molecule has 0 aromatic heterocycles. The number of unbranched alkanes of at least 4 members (excludes halogenated alkanes) is 28. The molecule has 0 N–H and O–H groups in total. The number of hydrogen-bond acceptors (Lipinski definition) is 4. The third-order valence-corrected chi connectivity index (χ3v) is 9.15. The van der Waals surface area contributed by atoms with E-state index in [0.717, 1.165) is 38.5 Å². The first-order valence-electron chi connectivity index (χ1n) is 20.0. The molecule has 0 fully saturated rings. The molecule has 0 amide bonds. The number of hydrogen-bond donors (Lipinski definition) is 0. The first-order chi connectivity index (χ1) is 21.7. The molecule has 262 valence electrons. The summed E-state index contributed by atoms with van der Waals surface area (Å²) >= 11 is 0. The number of carbonyl (C=O) groups excluding carboxylic acids is 2. The Morgan fingerprint density at radius 2 is 0.568 bits per heavy atom. The highest BCUT2D eigenvalue weighted by Gasteiger charge is 2.29. The largest absolute Gasteiger partial charge is 0.465 e. The van der Waals surface area contributed by atoms with Crippen molar-refractivity contribution in [2.24, 2.45) is 5.92 Å². The van der Waals surface area contributed by atoms with Crippen molar-refractivity contribution in [3.63, 3.8) is 0 Å². The number of ether oxygens (including phenoxy) is 2. The van der Waals surface area contributed by atoms with E-state index in [1.165, 1.54) is 161 Å². The third-order valence-electron chi connectivity index (χ3n) is 9.15. The molecular weight excluding hydrogens is 544 g/mol. The van der Waals surface area contributed by atoms with E-state index in [4.69, 9.17) is 9.47 Å². The van der Waals surface area contributed by atoms with Crippen LogP contribution in [-0.2, 0) is 19.1 Å². The fourth-order valence-electron chi connectivity index (χ4n) is 6.07. The Balaban J connectivity index is 4.20. The molecule has 0 radical (unpaired) electrons. The van der Waals surface area contributed by atoms with Crippen molar-refractivity contribution in [1.82, 2.24) is 0 Å². The van der Waals surface area contributed by atoms with E-state index in [9.17, 15) is 9.59 Å². The Morgan fingerprint density at radius 3 is 0.841 bits per heavy atom. The lowest BCUT2D eigenvalue weighted by atomic mass is 10.00. The van der Waals surface area contributed by atoms with Gasteiger partial charge in [0.25, 0.3) is 0 Å². The molecule has 0 saturated heterocycles. The Morgan fingerprint density at radius 1 is 0.341 bits per heavy atom. The first kappa shape index (κ1) is 42.9. The van der Waals surface area contributed by atoms with Crippen LogP contribution in [0, 0.1) is 5.92 Å². The lowest BCUT2D eigenvalue weighted by Crippen LogP contribution is -2.28. The van der Waals surface area contributed by atoms with Crippen LogP contribution in [-0.4, -0.2) is 25.2 Å². The highest BCUT2D eigenvalue weighted by molar-refractivity contribution is 5.94. The van der Waals surface area contributed by atoms with Crippen LogP contribution in [0.2, 0.25) is 0 Å². The number of rotatable bonds is 36. The molecule has 0 heterocycles. The van der Waals surface area contributed by atoms with E-state index < -0.39 is 5.92 Å². The van der Waals surface area contributed by atoms with Crippen molar-refractivity contribution >= 4 is 11.9 Å². The van der Waals surface area contributed by atoms with Gasteiger partial charge in [0.15, 0.2) is 5.92 Å². The zero-order valence-corrected chi connectivity index (χ0v) is 30.3. The van der Waals surface area contributed by atoms with Gasteiger partial charge >= 0.3 is 11.9 Å². The molecule has 0 aromatic carbocycles. The first-order valence-corrected chi connectivity index (χ1v) is 20.0. The smallest absolute Gasteiger partial charge is 0.320 e. The average Bonchev–Trinajstić information content (AvgIpc) is 3.02. The second kappa shape index (κ2) is 36.4. The van der Waals surface area contributed by atoms with Gasteiger partial charge in [-0.15, -0.1) is 0 Å². The lowest BCUT2D eigenvalue weighted by molar-refractivity contribution is -0.162. The Hall–Kier alpha value is -1.06. The zero-order valence-electron chi connectivity index (χ0n) is 30.3. The molecule has 0 bridgehead atoms. The highest BCUT2D eigenvalue weighted by Crippen LogP contribution is 2.18. The van der Waals surface area contributed by atoms with E-state index in [-0.39, 0.29) is 11.9 Å². The minimum atomic E-state index is -0.750. The molecule has 0 rings (SSSR count). The lowest BCUT2D eigenvalue weighted by Gasteiger charge is -2.15. The zero-order chi connectivity index (χ0) is 32.2. The van der Waals surface area contributed by atoms with Crippen molar-refractivity contribution in [2.45, 2.75) is 226 Å².